The van der Waals surface area contributed by atoms with Gasteiger partial charge >= 0.3 is 0 Å². The van der Waals surface area contributed by atoms with E-state index < -0.39 is 74.6 Å². The molecule has 0 amide bonds. The van der Waals surface area contributed by atoms with E-state index in [9.17, 15) is 40.5 Å². The van der Waals surface area contributed by atoms with Crippen molar-refractivity contribution in [3.63, 3.8) is 0 Å². The van der Waals surface area contributed by atoms with E-state index in [1.165, 1.54) is 23.2 Å². The monoisotopic (exact) mass is 690 g/mol. The summed E-state index contributed by atoms with van der Waals surface area (Å²) in [5.74, 6) is -0.592. The lowest BCUT2D eigenvalue weighted by atomic mass is 9.98. The van der Waals surface area contributed by atoms with Crippen LogP contribution in [0.15, 0.2) is 54.7 Å². The molecule has 0 spiro atoms. The van der Waals surface area contributed by atoms with Crippen molar-refractivity contribution in [1.82, 2.24) is 9.97 Å². The lowest BCUT2D eigenvalue weighted by Crippen LogP contribution is -2.61. The first-order valence-electron chi connectivity index (χ1n) is 15.4. The van der Waals surface area contributed by atoms with Gasteiger partial charge in [-0.1, -0.05) is 0 Å². The molecule has 264 valence electrons. The molecule has 2 aromatic carbocycles. The summed E-state index contributed by atoms with van der Waals surface area (Å²) in [5, 5.41) is 93.0. The summed E-state index contributed by atoms with van der Waals surface area (Å²) in [7, 11) is 0. The molecule has 1 aliphatic rings. The number of ether oxygens (including phenoxy) is 2. The van der Waals surface area contributed by atoms with Crippen LogP contribution in [0.1, 0.15) is 22.3 Å². The van der Waals surface area contributed by atoms with Gasteiger partial charge in [0, 0.05) is 23.6 Å². The number of hydrogen-bond donors (Lipinski definition) is 8. The van der Waals surface area contributed by atoms with Gasteiger partial charge in [0.25, 0.3) is 0 Å². The van der Waals surface area contributed by atoms with E-state index in [1.807, 2.05) is 12.1 Å². The average molecular weight is 691 g/mol. The zero-order valence-corrected chi connectivity index (χ0v) is 27.1. The summed E-state index contributed by atoms with van der Waals surface area (Å²) in [6.45, 7) is 1.22. The molecular formula is C34H38N6O10. The largest absolute Gasteiger partial charge is 0.394 e. The van der Waals surface area contributed by atoms with Crippen molar-refractivity contribution >= 4 is 35.0 Å². The number of aliphatic hydroxyl groups excluding tert-OH is 7. The Hall–Kier alpha value is -4.85. The van der Waals surface area contributed by atoms with Crippen LogP contribution < -0.4 is 10.2 Å². The van der Waals surface area contributed by atoms with Crippen LogP contribution in [0.5, 0.6) is 0 Å². The molecule has 0 saturated carbocycles. The number of aromatic nitrogens is 2. The number of carbonyl (C=O) groups is 1. The number of aliphatic hydroxyl groups is 7. The standard InChI is InChI=1S/C34H38N6O10/c1-18-12-21(4-3-10-35)13-19(2)27(18)40(26-9-11-37-34(39-26)38-22-7-5-20(14-36)6-8-22)15-23(43)28(45)32(24(44)16-41)50-33-31(48)30(47)29(46)25(17-42)49-33/h3-9,11-13,24-25,28-33,41-42,44-48H,15-17H2,1-2H3,(H,37,38,39)/b4-3+. The Morgan fingerprint density at radius 1 is 1.06 bits per heavy atom. The molecule has 4 rings (SSSR count). The van der Waals surface area contributed by atoms with Crippen LogP contribution in [-0.4, -0.2) is 120 Å². The third kappa shape index (κ3) is 8.84. The summed E-state index contributed by atoms with van der Waals surface area (Å²) in [6, 6.07) is 15.6. The Morgan fingerprint density at radius 3 is 2.34 bits per heavy atom. The number of anilines is 4. The van der Waals surface area contributed by atoms with Crippen molar-refractivity contribution in [3.05, 3.63) is 77.0 Å². The van der Waals surface area contributed by atoms with Gasteiger partial charge in [-0.2, -0.15) is 15.5 Å². The maximum Gasteiger partial charge on any atom is 0.229 e. The van der Waals surface area contributed by atoms with Crippen molar-refractivity contribution in [2.45, 2.75) is 62.9 Å². The quantitative estimate of drug-likeness (QED) is 0.102. The van der Waals surface area contributed by atoms with E-state index in [4.69, 9.17) is 20.0 Å². The number of rotatable bonds is 14. The molecule has 16 heteroatoms. The van der Waals surface area contributed by atoms with E-state index in [2.05, 4.69) is 15.3 Å². The summed E-state index contributed by atoms with van der Waals surface area (Å²) < 4.78 is 10.9. The average Bonchev–Trinajstić information content (AvgIpc) is 3.11. The highest BCUT2D eigenvalue weighted by Gasteiger charge is 2.47. The van der Waals surface area contributed by atoms with Gasteiger partial charge in [-0.25, -0.2) is 4.98 Å². The van der Waals surface area contributed by atoms with Gasteiger partial charge < -0.3 is 55.4 Å². The summed E-state index contributed by atoms with van der Waals surface area (Å²) in [6.07, 6.45) is -10.2. The van der Waals surface area contributed by atoms with Crippen molar-refractivity contribution in [1.29, 1.82) is 10.5 Å². The van der Waals surface area contributed by atoms with Crippen molar-refractivity contribution < 1.29 is 50.0 Å². The Bertz CT molecular complexity index is 1720. The molecule has 1 fully saturated rings. The molecule has 2 heterocycles. The van der Waals surface area contributed by atoms with Crippen LogP contribution in [0.4, 0.5) is 23.1 Å². The molecular weight excluding hydrogens is 652 g/mol. The second-order valence-corrected chi connectivity index (χ2v) is 11.6. The molecule has 1 saturated heterocycles. The summed E-state index contributed by atoms with van der Waals surface area (Å²) in [5.41, 5.74) is 3.57. The predicted octanol–water partition coefficient (Wildman–Crippen LogP) is -0.148. The van der Waals surface area contributed by atoms with Crippen LogP contribution in [0.2, 0.25) is 0 Å². The van der Waals surface area contributed by atoms with Crippen LogP contribution >= 0.6 is 0 Å². The van der Waals surface area contributed by atoms with Crippen molar-refractivity contribution in [2.24, 2.45) is 0 Å². The van der Waals surface area contributed by atoms with Gasteiger partial charge in [0.15, 0.2) is 12.1 Å². The molecule has 0 aliphatic carbocycles. The number of hydrogen-bond acceptors (Lipinski definition) is 16. The van der Waals surface area contributed by atoms with Crippen molar-refractivity contribution in [2.75, 3.05) is 30.0 Å². The first-order chi connectivity index (χ1) is 23.9. The number of nitrogens with zero attached hydrogens (tertiary/aromatic N) is 5. The van der Waals surface area contributed by atoms with Crippen LogP contribution in [0.25, 0.3) is 6.08 Å². The van der Waals surface area contributed by atoms with E-state index in [0.717, 1.165) is 0 Å². The predicted molar refractivity (Wildman–Crippen MR) is 177 cm³/mol. The van der Waals surface area contributed by atoms with Crippen LogP contribution in [0, 0.1) is 36.5 Å². The third-order valence-corrected chi connectivity index (χ3v) is 7.98. The molecule has 50 heavy (non-hydrogen) atoms. The highest BCUT2D eigenvalue weighted by atomic mass is 16.7. The van der Waals surface area contributed by atoms with Gasteiger partial charge in [0.05, 0.1) is 37.5 Å². The minimum atomic E-state index is -2.15. The minimum absolute atomic E-state index is 0.133. The van der Waals surface area contributed by atoms with Crippen LogP contribution in [-0.2, 0) is 14.3 Å². The number of benzene rings is 2. The maximum atomic E-state index is 13.9. The highest BCUT2D eigenvalue weighted by molar-refractivity contribution is 5.90. The molecule has 0 radical (unpaired) electrons. The number of allylic oxidation sites excluding steroid dienone is 1. The number of nitrogens with one attached hydrogen (secondary N) is 1. The molecule has 8 unspecified atom stereocenters. The third-order valence-electron chi connectivity index (χ3n) is 7.98. The second-order valence-electron chi connectivity index (χ2n) is 11.6. The number of aryl methyl sites for hydroxylation is 2. The van der Waals surface area contributed by atoms with Gasteiger partial charge in [-0.15, -0.1) is 0 Å². The normalized spacial score (nSPS) is 22.3. The smallest absolute Gasteiger partial charge is 0.229 e. The fourth-order valence-corrected chi connectivity index (χ4v) is 5.48. The van der Waals surface area contributed by atoms with Gasteiger partial charge in [-0.05, 0) is 79.1 Å². The summed E-state index contributed by atoms with van der Waals surface area (Å²) >= 11 is 0. The number of ketones is 1. The Kier molecular flexibility index (Phi) is 13.1. The molecule has 3 aromatic rings. The molecule has 1 aliphatic heterocycles. The molecule has 1 aromatic heterocycles. The highest BCUT2D eigenvalue weighted by Crippen LogP contribution is 2.33. The fraction of sp³-hybridized carbons (Fsp3) is 0.382. The number of nitriles is 2. The Balaban J connectivity index is 1.70. The lowest BCUT2D eigenvalue weighted by Gasteiger charge is -2.41. The fourth-order valence-electron chi connectivity index (χ4n) is 5.48. The zero-order chi connectivity index (χ0) is 36.5. The summed E-state index contributed by atoms with van der Waals surface area (Å²) in [4.78, 5) is 24.2. The minimum Gasteiger partial charge on any atom is -0.394 e. The first-order valence-corrected chi connectivity index (χ1v) is 15.4. The van der Waals surface area contributed by atoms with Crippen molar-refractivity contribution in [3.8, 4) is 12.1 Å². The molecule has 16 nitrogen and oxygen atoms in total. The van der Waals surface area contributed by atoms with E-state index >= 15 is 0 Å². The Morgan fingerprint density at radius 2 is 1.74 bits per heavy atom. The lowest BCUT2D eigenvalue weighted by molar-refractivity contribution is -0.323. The van der Waals surface area contributed by atoms with E-state index in [1.54, 1.807) is 56.3 Å². The van der Waals surface area contributed by atoms with Gasteiger partial charge in [0.2, 0.25) is 5.95 Å². The Labute approximate surface area is 287 Å². The van der Waals surface area contributed by atoms with Gasteiger partial charge in [0.1, 0.15) is 48.5 Å². The van der Waals surface area contributed by atoms with E-state index in [-0.39, 0.29) is 11.8 Å². The maximum absolute atomic E-state index is 13.9. The SMILES string of the molecule is Cc1cc(/C=C/C#N)cc(C)c1N(CC(=O)C(O)C(OC1OC(CO)C(O)C(O)C1O)C(O)CO)c1ccnc(Nc2ccc(C#N)cc2)n1. The van der Waals surface area contributed by atoms with Gasteiger partial charge in [-0.3, -0.25) is 4.79 Å². The number of carbonyl (C=O) groups excluding carboxylic acids is 1. The molecule has 8 atom stereocenters. The van der Waals surface area contributed by atoms with Crippen LogP contribution in [0.3, 0.4) is 0 Å². The molecule has 8 N–H and O–H groups in total. The number of Topliss-reactive ketones (excluding diaryl/α,β-unsaturated/α-hetero) is 1. The zero-order valence-electron chi connectivity index (χ0n) is 27.1. The first kappa shape index (κ1) is 38.0. The second kappa shape index (κ2) is 17.2. The topological polar surface area (TPSA) is 266 Å². The van der Waals surface area contributed by atoms with E-state index in [0.29, 0.717) is 33.6 Å². The molecule has 0 bridgehead atoms.